The van der Waals surface area contributed by atoms with Crippen molar-refractivity contribution < 1.29 is 4.74 Å². The number of hydrogen-bond donors (Lipinski definition) is 1. The molecule has 0 bridgehead atoms. The molecule has 0 spiro atoms. The van der Waals surface area contributed by atoms with Crippen molar-refractivity contribution in [3.63, 3.8) is 0 Å². The van der Waals surface area contributed by atoms with Crippen molar-refractivity contribution >= 4 is 21.7 Å². The number of ether oxygens (including phenoxy) is 1. The highest BCUT2D eigenvalue weighted by Gasteiger charge is 2.20. The third-order valence-electron chi connectivity index (χ3n) is 4.16. The number of aromatic nitrogens is 1. The van der Waals surface area contributed by atoms with Gasteiger partial charge in [0.15, 0.2) is 0 Å². The van der Waals surface area contributed by atoms with Crippen LogP contribution in [0.5, 0.6) is 5.75 Å². The summed E-state index contributed by atoms with van der Waals surface area (Å²) < 4.78 is 6.42. The highest BCUT2D eigenvalue weighted by Crippen LogP contribution is 2.40. The molecule has 0 saturated heterocycles. The maximum absolute atomic E-state index is 9.75. The van der Waals surface area contributed by atoms with Gasteiger partial charge in [-0.2, -0.15) is 5.26 Å². The van der Waals surface area contributed by atoms with Crippen molar-refractivity contribution in [2.75, 3.05) is 12.3 Å². The zero-order chi connectivity index (χ0) is 19.4. The van der Waals surface area contributed by atoms with Crippen LogP contribution in [0.3, 0.4) is 0 Å². The molecule has 0 aliphatic rings. The molecule has 4 nitrogen and oxygen atoms in total. The molecule has 1 aromatic heterocycles. The normalized spacial score (nSPS) is 10.3. The summed E-state index contributed by atoms with van der Waals surface area (Å²) in [6, 6.07) is 17.8. The van der Waals surface area contributed by atoms with Gasteiger partial charge in [-0.25, -0.2) is 4.98 Å². The Morgan fingerprint density at radius 2 is 1.93 bits per heavy atom. The van der Waals surface area contributed by atoms with Crippen molar-refractivity contribution in [3.8, 4) is 34.1 Å². The Labute approximate surface area is 167 Å². The highest BCUT2D eigenvalue weighted by atomic mass is 79.9. The van der Waals surface area contributed by atoms with Gasteiger partial charge in [-0.15, -0.1) is 0 Å². The number of nitrogens with two attached hydrogens (primary N) is 1. The van der Waals surface area contributed by atoms with E-state index in [2.05, 4.69) is 33.6 Å². The average molecular weight is 420 g/mol. The van der Waals surface area contributed by atoms with E-state index in [1.807, 2.05) is 55.5 Å². The van der Waals surface area contributed by atoms with E-state index in [1.54, 1.807) is 6.08 Å². The summed E-state index contributed by atoms with van der Waals surface area (Å²) in [6.07, 6.45) is 1.69. The Hall–Kier alpha value is -3.10. The molecule has 1 heterocycles. The molecule has 2 N–H and O–H groups in total. The fourth-order valence-electron chi connectivity index (χ4n) is 3.01. The smallest absolute Gasteiger partial charge is 0.142 e. The summed E-state index contributed by atoms with van der Waals surface area (Å²) in [5.41, 5.74) is 10.7. The van der Waals surface area contributed by atoms with E-state index in [4.69, 9.17) is 10.5 Å². The first-order valence-corrected chi connectivity index (χ1v) is 9.15. The van der Waals surface area contributed by atoms with Gasteiger partial charge >= 0.3 is 0 Å². The quantitative estimate of drug-likeness (QED) is 0.553. The van der Waals surface area contributed by atoms with Gasteiger partial charge in [-0.3, -0.25) is 0 Å². The molecular weight excluding hydrogens is 402 g/mol. The number of nitriles is 1. The lowest BCUT2D eigenvalue weighted by molar-refractivity contribution is 0.361. The van der Waals surface area contributed by atoms with Crippen LogP contribution in [-0.2, 0) is 0 Å². The summed E-state index contributed by atoms with van der Waals surface area (Å²) in [5.74, 6) is 0.935. The second-order valence-corrected chi connectivity index (χ2v) is 6.78. The topological polar surface area (TPSA) is 71.9 Å². The third-order valence-corrected chi connectivity index (χ3v) is 4.78. The first-order valence-electron chi connectivity index (χ1n) is 8.36. The van der Waals surface area contributed by atoms with Gasteiger partial charge in [-0.05, 0) is 46.1 Å². The van der Waals surface area contributed by atoms with E-state index < -0.39 is 0 Å². The van der Waals surface area contributed by atoms with Gasteiger partial charge < -0.3 is 10.5 Å². The maximum atomic E-state index is 9.75. The van der Waals surface area contributed by atoms with Crippen molar-refractivity contribution in [1.29, 1.82) is 5.26 Å². The second-order valence-electron chi connectivity index (χ2n) is 5.93. The van der Waals surface area contributed by atoms with Crippen molar-refractivity contribution in [2.45, 2.75) is 6.92 Å². The number of nitrogen functional groups attached to an aromatic ring is 1. The molecular formula is C22H18BrN3O. The molecule has 0 radical (unpaired) electrons. The highest BCUT2D eigenvalue weighted by molar-refractivity contribution is 9.10. The Morgan fingerprint density at radius 3 is 2.56 bits per heavy atom. The van der Waals surface area contributed by atoms with E-state index in [9.17, 15) is 5.26 Å². The Bertz CT molecular complexity index is 1040. The van der Waals surface area contributed by atoms with E-state index >= 15 is 0 Å². The summed E-state index contributed by atoms with van der Waals surface area (Å²) >= 11 is 3.55. The number of rotatable bonds is 5. The van der Waals surface area contributed by atoms with Crippen molar-refractivity contribution in [1.82, 2.24) is 4.98 Å². The second kappa shape index (κ2) is 8.07. The van der Waals surface area contributed by atoms with Crippen LogP contribution in [0.25, 0.3) is 22.3 Å². The Morgan fingerprint density at radius 1 is 1.19 bits per heavy atom. The minimum Gasteiger partial charge on any atom is -0.488 e. The minimum absolute atomic E-state index is 0.229. The van der Waals surface area contributed by atoms with Gasteiger partial charge in [0.2, 0.25) is 0 Å². The fourth-order valence-corrected chi connectivity index (χ4v) is 3.50. The summed E-state index contributed by atoms with van der Waals surface area (Å²) in [6.45, 7) is 5.98. The van der Waals surface area contributed by atoms with Gasteiger partial charge in [0.1, 0.15) is 29.8 Å². The number of hydrogen-bond acceptors (Lipinski definition) is 4. The largest absolute Gasteiger partial charge is 0.488 e. The Kier molecular flexibility index (Phi) is 5.58. The predicted octanol–water partition coefficient (Wildman–Crippen LogP) is 5.51. The number of pyridine rings is 1. The average Bonchev–Trinajstić information content (AvgIpc) is 2.67. The molecule has 0 aliphatic heterocycles. The molecule has 0 unspecified atom stereocenters. The molecule has 0 saturated carbocycles. The lowest BCUT2D eigenvalue weighted by Gasteiger charge is -2.17. The van der Waals surface area contributed by atoms with Crippen LogP contribution in [0.15, 0.2) is 65.7 Å². The number of anilines is 1. The van der Waals surface area contributed by atoms with Crippen LogP contribution >= 0.6 is 15.9 Å². The third kappa shape index (κ3) is 3.71. The molecule has 3 rings (SSSR count). The van der Waals surface area contributed by atoms with E-state index in [0.29, 0.717) is 17.9 Å². The molecule has 5 heteroatoms. The zero-order valence-electron chi connectivity index (χ0n) is 14.9. The van der Waals surface area contributed by atoms with Crippen LogP contribution < -0.4 is 10.5 Å². The molecule has 0 aliphatic carbocycles. The molecule has 27 heavy (non-hydrogen) atoms. The number of aryl methyl sites for hydroxylation is 1. The van der Waals surface area contributed by atoms with Crippen LogP contribution in [-0.4, -0.2) is 11.6 Å². The van der Waals surface area contributed by atoms with Gasteiger partial charge in [-0.1, -0.05) is 49.1 Å². The maximum Gasteiger partial charge on any atom is 0.142 e. The van der Waals surface area contributed by atoms with E-state index in [0.717, 1.165) is 32.4 Å². The summed E-state index contributed by atoms with van der Waals surface area (Å²) in [4.78, 5) is 4.40. The van der Waals surface area contributed by atoms with E-state index in [1.165, 1.54) is 0 Å². The van der Waals surface area contributed by atoms with Crippen LogP contribution in [0.1, 0.15) is 11.3 Å². The zero-order valence-corrected chi connectivity index (χ0v) is 16.5. The molecule has 2 aromatic carbocycles. The Balaban J connectivity index is 2.27. The first-order chi connectivity index (χ1) is 13.1. The lowest BCUT2D eigenvalue weighted by Crippen LogP contribution is -2.03. The number of nitrogens with zero attached hydrogens (tertiary/aromatic N) is 2. The van der Waals surface area contributed by atoms with Gasteiger partial charge in [0, 0.05) is 16.8 Å². The summed E-state index contributed by atoms with van der Waals surface area (Å²) in [7, 11) is 0. The van der Waals surface area contributed by atoms with Crippen LogP contribution in [0.2, 0.25) is 0 Å². The van der Waals surface area contributed by atoms with Gasteiger partial charge in [0.25, 0.3) is 0 Å². The minimum atomic E-state index is 0.229. The first kappa shape index (κ1) is 18.7. The fraction of sp³-hybridized carbons (Fsp3) is 0.0909. The monoisotopic (exact) mass is 419 g/mol. The molecule has 0 amide bonds. The van der Waals surface area contributed by atoms with Crippen molar-refractivity contribution in [3.05, 3.63) is 76.9 Å². The predicted molar refractivity (Wildman–Crippen MR) is 112 cm³/mol. The molecule has 0 atom stereocenters. The molecule has 134 valence electrons. The molecule has 0 fully saturated rings. The van der Waals surface area contributed by atoms with Gasteiger partial charge in [0.05, 0.1) is 4.47 Å². The van der Waals surface area contributed by atoms with Crippen molar-refractivity contribution in [2.24, 2.45) is 0 Å². The SMILES string of the molecule is C=CCOc1ccc(-c2c(C#N)c(N)nc(C)c2-c2ccccc2)cc1Br. The number of benzene rings is 2. The lowest BCUT2D eigenvalue weighted by atomic mass is 9.90. The van der Waals surface area contributed by atoms with Crippen LogP contribution in [0, 0.1) is 18.3 Å². The standard InChI is InChI=1S/C22H18BrN3O/c1-3-11-27-19-10-9-16(12-18(19)23)21-17(13-24)22(25)26-14(2)20(21)15-7-5-4-6-8-15/h3-10,12H,1,11H2,2H3,(H2,25,26). The van der Waals surface area contributed by atoms with E-state index in [-0.39, 0.29) is 5.82 Å². The number of halogens is 1. The summed E-state index contributed by atoms with van der Waals surface area (Å²) in [5, 5.41) is 9.75. The van der Waals surface area contributed by atoms with Crippen LogP contribution in [0.4, 0.5) is 5.82 Å². The molecule has 3 aromatic rings.